The van der Waals surface area contributed by atoms with Gasteiger partial charge in [-0.05, 0) is 30.8 Å². The van der Waals surface area contributed by atoms with E-state index in [0.717, 1.165) is 53.3 Å². The third kappa shape index (κ3) is 3.90. The summed E-state index contributed by atoms with van der Waals surface area (Å²) in [6, 6.07) is 22.5. The van der Waals surface area contributed by atoms with E-state index in [1.165, 1.54) is 5.56 Å². The number of rotatable bonds is 7. The summed E-state index contributed by atoms with van der Waals surface area (Å²) in [5, 5.41) is 13.0. The number of benzene rings is 2. The molecular weight excluding hydrogens is 374 g/mol. The molecule has 30 heavy (non-hydrogen) atoms. The molecule has 1 N–H and O–H groups in total. The van der Waals surface area contributed by atoms with Gasteiger partial charge in [0.25, 0.3) is 0 Å². The van der Waals surface area contributed by atoms with E-state index in [-0.39, 0.29) is 0 Å². The second-order valence-corrected chi connectivity index (χ2v) is 7.59. The molecule has 3 aromatic heterocycles. The first-order chi connectivity index (χ1) is 14.7. The number of aromatic amines is 1. The zero-order valence-corrected chi connectivity index (χ0v) is 16.8. The van der Waals surface area contributed by atoms with E-state index < -0.39 is 0 Å². The Morgan fingerprint density at radius 3 is 2.63 bits per heavy atom. The third-order valence-corrected chi connectivity index (χ3v) is 5.12. The number of hydrogen-bond acceptors (Lipinski definition) is 4. The van der Waals surface area contributed by atoms with E-state index in [1.807, 2.05) is 35.0 Å². The number of fused-ring (bicyclic) bond motifs is 1. The minimum Gasteiger partial charge on any atom is -0.454 e. The molecule has 2 aromatic carbocycles. The van der Waals surface area contributed by atoms with Gasteiger partial charge in [-0.15, -0.1) is 0 Å². The normalized spacial score (nSPS) is 11.5. The van der Waals surface area contributed by atoms with Crippen LogP contribution in [0.15, 0.2) is 83.5 Å². The molecule has 0 atom stereocenters. The fraction of sp³-hybridized carbons (Fsp3) is 0.167. The van der Waals surface area contributed by atoms with Crippen LogP contribution in [0.2, 0.25) is 0 Å². The molecule has 150 valence electrons. The Balaban J connectivity index is 1.48. The van der Waals surface area contributed by atoms with Crippen LogP contribution in [0.4, 0.5) is 0 Å². The van der Waals surface area contributed by atoms with Crippen molar-refractivity contribution in [1.82, 2.24) is 24.9 Å². The molecule has 3 heterocycles. The zero-order chi connectivity index (χ0) is 20.3. The Labute approximate surface area is 174 Å². The number of H-pyrrole nitrogens is 1. The van der Waals surface area contributed by atoms with E-state index >= 15 is 0 Å². The van der Waals surface area contributed by atoms with Gasteiger partial charge in [0.1, 0.15) is 11.3 Å². The predicted molar refractivity (Wildman–Crippen MR) is 117 cm³/mol. The van der Waals surface area contributed by atoms with Gasteiger partial charge in [0.05, 0.1) is 6.54 Å². The highest BCUT2D eigenvalue weighted by atomic mass is 16.3. The fourth-order valence-corrected chi connectivity index (χ4v) is 3.75. The lowest BCUT2D eigenvalue weighted by atomic mass is 10.2. The van der Waals surface area contributed by atoms with Crippen LogP contribution in [-0.4, -0.2) is 31.9 Å². The molecule has 0 radical (unpaired) electrons. The van der Waals surface area contributed by atoms with Gasteiger partial charge in [-0.2, -0.15) is 10.2 Å². The summed E-state index contributed by atoms with van der Waals surface area (Å²) < 4.78 is 8.13. The van der Waals surface area contributed by atoms with Crippen molar-refractivity contribution in [2.24, 2.45) is 0 Å². The molecule has 0 fully saturated rings. The van der Waals surface area contributed by atoms with Gasteiger partial charge < -0.3 is 4.42 Å². The van der Waals surface area contributed by atoms with E-state index in [9.17, 15) is 0 Å². The molecule has 0 aliphatic heterocycles. The molecule has 0 amide bonds. The summed E-state index contributed by atoms with van der Waals surface area (Å²) >= 11 is 0. The topological polar surface area (TPSA) is 62.9 Å². The first kappa shape index (κ1) is 18.4. The van der Waals surface area contributed by atoms with Gasteiger partial charge in [-0.25, -0.2) is 0 Å². The van der Waals surface area contributed by atoms with E-state index in [1.54, 1.807) is 6.20 Å². The lowest BCUT2D eigenvalue weighted by Gasteiger charge is -2.14. The largest absolute Gasteiger partial charge is 0.454 e. The number of aromatic nitrogens is 4. The van der Waals surface area contributed by atoms with Crippen LogP contribution in [0.25, 0.3) is 22.4 Å². The van der Waals surface area contributed by atoms with Crippen LogP contribution in [-0.2, 0) is 19.6 Å². The molecule has 5 aromatic rings. The lowest BCUT2D eigenvalue weighted by molar-refractivity contribution is 0.315. The van der Waals surface area contributed by atoms with E-state index in [0.29, 0.717) is 0 Å². The van der Waals surface area contributed by atoms with Crippen LogP contribution >= 0.6 is 0 Å². The maximum atomic E-state index is 6.14. The summed E-state index contributed by atoms with van der Waals surface area (Å²) in [6.07, 6.45) is 3.90. The Morgan fingerprint density at radius 2 is 1.83 bits per heavy atom. The first-order valence-electron chi connectivity index (χ1n) is 10.0. The molecule has 6 heteroatoms. The summed E-state index contributed by atoms with van der Waals surface area (Å²) in [6.45, 7) is 2.25. The zero-order valence-electron chi connectivity index (χ0n) is 16.8. The molecule has 5 rings (SSSR count). The van der Waals surface area contributed by atoms with Gasteiger partial charge in [0.2, 0.25) is 0 Å². The van der Waals surface area contributed by atoms with Crippen LogP contribution in [0.1, 0.15) is 16.8 Å². The van der Waals surface area contributed by atoms with Gasteiger partial charge in [0.15, 0.2) is 5.76 Å². The molecule has 0 spiro atoms. The molecule has 0 saturated carbocycles. The van der Waals surface area contributed by atoms with Crippen LogP contribution in [0.3, 0.4) is 0 Å². The third-order valence-electron chi connectivity index (χ3n) is 5.12. The second kappa shape index (κ2) is 8.00. The van der Waals surface area contributed by atoms with Crippen molar-refractivity contribution in [2.45, 2.75) is 19.6 Å². The van der Waals surface area contributed by atoms with Crippen molar-refractivity contribution in [2.75, 3.05) is 7.05 Å². The molecule has 0 unspecified atom stereocenters. The Morgan fingerprint density at radius 1 is 1.00 bits per heavy atom. The van der Waals surface area contributed by atoms with Crippen molar-refractivity contribution in [1.29, 1.82) is 0 Å². The van der Waals surface area contributed by atoms with Gasteiger partial charge >= 0.3 is 0 Å². The van der Waals surface area contributed by atoms with Gasteiger partial charge in [-0.3, -0.25) is 14.7 Å². The maximum absolute atomic E-state index is 6.14. The molecule has 0 aliphatic rings. The molecule has 0 saturated heterocycles. The summed E-state index contributed by atoms with van der Waals surface area (Å²) in [4.78, 5) is 2.24. The molecular formula is C24H23N5O. The van der Waals surface area contributed by atoms with Gasteiger partial charge in [-0.1, -0.05) is 48.5 Å². The highest BCUT2D eigenvalue weighted by Crippen LogP contribution is 2.30. The minimum absolute atomic E-state index is 0.721. The second-order valence-electron chi connectivity index (χ2n) is 7.59. The van der Waals surface area contributed by atoms with E-state index in [2.05, 4.69) is 64.7 Å². The highest BCUT2D eigenvalue weighted by Gasteiger charge is 2.17. The molecule has 6 nitrogen and oxygen atoms in total. The standard InChI is InChI=1S/C24H23N5O/c1-28(17-21-11-12-25-26-21)15-20-16-29(14-18-7-3-2-4-8-18)27-24(20)23-13-19-9-5-6-10-22(19)30-23/h2-13,16H,14-15,17H2,1H3,(H,25,26). The SMILES string of the molecule is CN(Cc1ccn[nH]1)Cc1cn(Cc2ccccc2)nc1-c1cc2ccccc2o1. The number of hydrogen-bond donors (Lipinski definition) is 1. The van der Waals surface area contributed by atoms with Crippen molar-refractivity contribution in [3.63, 3.8) is 0 Å². The summed E-state index contributed by atoms with van der Waals surface area (Å²) in [5.41, 5.74) is 5.19. The Hall–Kier alpha value is -3.64. The molecule has 0 aliphatic carbocycles. The maximum Gasteiger partial charge on any atom is 0.156 e. The highest BCUT2D eigenvalue weighted by molar-refractivity contribution is 5.82. The van der Waals surface area contributed by atoms with Crippen molar-refractivity contribution in [3.05, 3.63) is 95.9 Å². The smallest absolute Gasteiger partial charge is 0.156 e. The molecule has 0 bridgehead atoms. The Kier molecular flexibility index (Phi) is 4.91. The number of furan rings is 1. The monoisotopic (exact) mass is 397 g/mol. The first-order valence-corrected chi connectivity index (χ1v) is 10.0. The Bertz CT molecular complexity index is 1200. The van der Waals surface area contributed by atoms with Crippen LogP contribution in [0, 0.1) is 0 Å². The fourth-order valence-electron chi connectivity index (χ4n) is 3.75. The lowest BCUT2D eigenvalue weighted by Crippen LogP contribution is -2.17. The minimum atomic E-state index is 0.721. The number of para-hydroxylation sites is 1. The van der Waals surface area contributed by atoms with Crippen molar-refractivity contribution < 1.29 is 4.42 Å². The quantitative estimate of drug-likeness (QED) is 0.432. The van der Waals surface area contributed by atoms with Crippen molar-refractivity contribution in [3.8, 4) is 11.5 Å². The van der Waals surface area contributed by atoms with E-state index in [4.69, 9.17) is 9.52 Å². The predicted octanol–water partition coefficient (Wildman–Crippen LogP) is 4.70. The number of nitrogens with zero attached hydrogens (tertiary/aromatic N) is 4. The average Bonchev–Trinajstić information content (AvgIpc) is 3.48. The summed E-state index contributed by atoms with van der Waals surface area (Å²) in [7, 11) is 2.10. The number of nitrogens with one attached hydrogen (secondary N) is 1. The van der Waals surface area contributed by atoms with Crippen LogP contribution in [0.5, 0.6) is 0 Å². The van der Waals surface area contributed by atoms with Gasteiger partial charge in [0, 0.05) is 42.1 Å². The van der Waals surface area contributed by atoms with Crippen LogP contribution < -0.4 is 0 Å². The average molecular weight is 397 g/mol. The summed E-state index contributed by atoms with van der Waals surface area (Å²) in [5.74, 6) is 0.799. The van der Waals surface area contributed by atoms with Crippen molar-refractivity contribution >= 4 is 11.0 Å².